The molecule has 0 spiro atoms. The summed E-state index contributed by atoms with van der Waals surface area (Å²) in [6.07, 6.45) is 1.53. The maximum Gasteiger partial charge on any atom is 0.0700 e. The van der Waals surface area contributed by atoms with Crippen molar-refractivity contribution < 1.29 is 4.74 Å². The van der Waals surface area contributed by atoms with Gasteiger partial charge in [0.1, 0.15) is 0 Å². The predicted molar refractivity (Wildman–Crippen MR) is 74.5 cm³/mol. The molecule has 1 atom stereocenters. The van der Waals surface area contributed by atoms with Crippen molar-refractivity contribution in [2.75, 3.05) is 26.7 Å². The second-order valence-corrected chi connectivity index (χ2v) is 4.98. The van der Waals surface area contributed by atoms with Gasteiger partial charge in [-0.05, 0) is 24.6 Å². The second kappa shape index (κ2) is 6.88. The highest BCUT2D eigenvalue weighted by Crippen LogP contribution is 2.13. The van der Waals surface area contributed by atoms with Crippen molar-refractivity contribution in [3.05, 3.63) is 35.4 Å². The monoisotopic (exact) mass is 248 g/mol. The van der Waals surface area contributed by atoms with E-state index in [0.29, 0.717) is 6.10 Å². The van der Waals surface area contributed by atoms with Crippen molar-refractivity contribution in [3.63, 3.8) is 0 Å². The topological polar surface area (TPSA) is 24.5 Å². The van der Waals surface area contributed by atoms with E-state index >= 15 is 0 Å². The summed E-state index contributed by atoms with van der Waals surface area (Å²) in [5.41, 5.74) is 2.74. The van der Waals surface area contributed by atoms with Gasteiger partial charge in [0.25, 0.3) is 0 Å². The molecule has 3 heteroatoms. The van der Waals surface area contributed by atoms with Crippen LogP contribution in [0.4, 0.5) is 0 Å². The van der Waals surface area contributed by atoms with Gasteiger partial charge in [-0.3, -0.25) is 4.90 Å². The highest BCUT2D eigenvalue weighted by atomic mass is 16.5. The fourth-order valence-corrected chi connectivity index (χ4v) is 2.40. The van der Waals surface area contributed by atoms with Gasteiger partial charge in [0.2, 0.25) is 0 Å². The average molecular weight is 248 g/mol. The lowest BCUT2D eigenvalue weighted by atomic mass is 10.1. The number of hydrogen-bond donors (Lipinski definition) is 1. The van der Waals surface area contributed by atoms with E-state index in [2.05, 4.69) is 41.4 Å². The summed E-state index contributed by atoms with van der Waals surface area (Å²) in [5.74, 6) is 0. The van der Waals surface area contributed by atoms with Crippen molar-refractivity contribution >= 4 is 0 Å². The van der Waals surface area contributed by atoms with Crippen LogP contribution in [-0.2, 0) is 17.8 Å². The van der Waals surface area contributed by atoms with Crippen LogP contribution in [0.5, 0.6) is 0 Å². The first-order valence-electron chi connectivity index (χ1n) is 6.88. The Hall–Kier alpha value is -0.900. The van der Waals surface area contributed by atoms with Crippen LogP contribution in [0.3, 0.4) is 0 Å². The molecule has 1 aliphatic heterocycles. The number of morpholine rings is 1. The molecule has 1 aromatic rings. The van der Waals surface area contributed by atoms with E-state index in [-0.39, 0.29) is 0 Å². The lowest BCUT2D eigenvalue weighted by Gasteiger charge is -2.32. The van der Waals surface area contributed by atoms with Crippen LogP contribution >= 0.6 is 0 Å². The van der Waals surface area contributed by atoms with E-state index in [1.54, 1.807) is 0 Å². The minimum absolute atomic E-state index is 0.419. The molecule has 0 saturated carbocycles. The third kappa shape index (κ3) is 3.80. The molecule has 1 aromatic carbocycles. The molecule has 1 heterocycles. The molecule has 2 rings (SSSR count). The van der Waals surface area contributed by atoms with Crippen LogP contribution < -0.4 is 5.32 Å². The highest BCUT2D eigenvalue weighted by Gasteiger charge is 2.18. The van der Waals surface area contributed by atoms with Crippen molar-refractivity contribution in [1.82, 2.24) is 10.2 Å². The Kier molecular flexibility index (Phi) is 5.17. The molecule has 100 valence electrons. The Morgan fingerprint density at radius 2 is 2.00 bits per heavy atom. The lowest BCUT2D eigenvalue weighted by molar-refractivity contribution is -0.0324. The SMILES string of the molecule is CCC1CN(Cc2ccc(CNC)cc2)CCO1. The molecular formula is C15H24N2O. The van der Waals surface area contributed by atoms with E-state index < -0.39 is 0 Å². The first-order chi connectivity index (χ1) is 8.81. The number of ether oxygens (including phenoxy) is 1. The summed E-state index contributed by atoms with van der Waals surface area (Å²) in [6.45, 7) is 7.16. The number of nitrogens with zero attached hydrogens (tertiary/aromatic N) is 1. The van der Waals surface area contributed by atoms with Gasteiger partial charge in [0.15, 0.2) is 0 Å². The van der Waals surface area contributed by atoms with Crippen molar-refractivity contribution in [2.45, 2.75) is 32.5 Å². The van der Waals surface area contributed by atoms with E-state index in [1.165, 1.54) is 11.1 Å². The van der Waals surface area contributed by atoms with E-state index in [9.17, 15) is 0 Å². The van der Waals surface area contributed by atoms with Gasteiger partial charge in [-0.1, -0.05) is 31.2 Å². The summed E-state index contributed by atoms with van der Waals surface area (Å²) in [7, 11) is 1.98. The summed E-state index contributed by atoms with van der Waals surface area (Å²) in [5, 5.41) is 3.17. The third-order valence-corrected chi connectivity index (χ3v) is 3.49. The van der Waals surface area contributed by atoms with Crippen LogP contribution in [0, 0.1) is 0 Å². The molecule has 0 amide bonds. The van der Waals surface area contributed by atoms with Gasteiger partial charge in [0.05, 0.1) is 12.7 Å². The van der Waals surface area contributed by atoms with E-state index in [4.69, 9.17) is 4.74 Å². The van der Waals surface area contributed by atoms with Gasteiger partial charge in [0, 0.05) is 26.2 Å². The number of nitrogens with one attached hydrogen (secondary N) is 1. The predicted octanol–water partition coefficient (Wildman–Crippen LogP) is 2.02. The Labute approximate surface area is 110 Å². The van der Waals surface area contributed by atoms with Crippen molar-refractivity contribution in [3.8, 4) is 0 Å². The molecule has 1 unspecified atom stereocenters. The number of rotatable bonds is 5. The fourth-order valence-electron chi connectivity index (χ4n) is 2.40. The maximum absolute atomic E-state index is 5.70. The van der Waals surface area contributed by atoms with Crippen LogP contribution in [0.2, 0.25) is 0 Å². The minimum atomic E-state index is 0.419. The van der Waals surface area contributed by atoms with Crippen LogP contribution in [0.15, 0.2) is 24.3 Å². The summed E-state index contributed by atoms with van der Waals surface area (Å²) >= 11 is 0. The van der Waals surface area contributed by atoms with Crippen molar-refractivity contribution in [1.29, 1.82) is 0 Å². The molecule has 3 nitrogen and oxygen atoms in total. The average Bonchev–Trinajstić information content (AvgIpc) is 2.42. The minimum Gasteiger partial charge on any atom is -0.376 e. The zero-order valence-electron chi connectivity index (χ0n) is 11.5. The Bertz CT molecular complexity index is 350. The van der Waals surface area contributed by atoms with Crippen LogP contribution in [0.25, 0.3) is 0 Å². The zero-order chi connectivity index (χ0) is 12.8. The first kappa shape index (κ1) is 13.5. The molecule has 0 bridgehead atoms. The van der Waals surface area contributed by atoms with Gasteiger partial charge in [-0.15, -0.1) is 0 Å². The molecule has 0 aliphatic carbocycles. The molecule has 1 N–H and O–H groups in total. The quantitative estimate of drug-likeness (QED) is 0.863. The Morgan fingerprint density at radius 1 is 1.28 bits per heavy atom. The van der Waals surface area contributed by atoms with E-state index in [1.807, 2.05) is 7.05 Å². The molecule has 1 aliphatic rings. The molecule has 0 aromatic heterocycles. The van der Waals surface area contributed by atoms with E-state index in [0.717, 1.165) is 39.2 Å². The molecule has 1 fully saturated rings. The first-order valence-corrected chi connectivity index (χ1v) is 6.88. The van der Waals surface area contributed by atoms with Crippen molar-refractivity contribution in [2.24, 2.45) is 0 Å². The molecule has 18 heavy (non-hydrogen) atoms. The normalized spacial score (nSPS) is 21.1. The van der Waals surface area contributed by atoms with Crippen LogP contribution in [0.1, 0.15) is 24.5 Å². The highest BCUT2D eigenvalue weighted by molar-refractivity contribution is 5.22. The second-order valence-electron chi connectivity index (χ2n) is 4.98. The molecular weight excluding hydrogens is 224 g/mol. The lowest BCUT2D eigenvalue weighted by Crippen LogP contribution is -2.41. The summed E-state index contributed by atoms with van der Waals surface area (Å²) < 4.78 is 5.70. The number of benzene rings is 1. The standard InChI is InChI=1S/C15H24N2O/c1-3-15-12-17(8-9-18-15)11-14-6-4-13(5-7-14)10-16-2/h4-7,15-16H,3,8-12H2,1-2H3. The van der Waals surface area contributed by atoms with Gasteiger partial charge < -0.3 is 10.1 Å². The van der Waals surface area contributed by atoms with Gasteiger partial charge in [-0.2, -0.15) is 0 Å². The maximum atomic E-state index is 5.70. The van der Waals surface area contributed by atoms with Crippen LogP contribution in [-0.4, -0.2) is 37.7 Å². The summed E-state index contributed by atoms with van der Waals surface area (Å²) in [4.78, 5) is 2.49. The zero-order valence-corrected chi connectivity index (χ0v) is 11.5. The molecule has 0 radical (unpaired) electrons. The Morgan fingerprint density at radius 3 is 2.67 bits per heavy atom. The van der Waals surface area contributed by atoms with Gasteiger partial charge >= 0.3 is 0 Å². The smallest absolute Gasteiger partial charge is 0.0700 e. The summed E-state index contributed by atoms with van der Waals surface area (Å²) in [6, 6.07) is 8.90. The third-order valence-electron chi connectivity index (χ3n) is 3.49. The molecule has 1 saturated heterocycles. The van der Waals surface area contributed by atoms with Gasteiger partial charge in [-0.25, -0.2) is 0 Å². The number of hydrogen-bond acceptors (Lipinski definition) is 3. The Balaban J connectivity index is 1.88. The fraction of sp³-hybridized carbons (Fsp3) is 0.600. The largest absolute Gasteiger partial charge is 0.376 e.